The summed E-state index contributed by atoms with van der Waals surface area (Å²) in [7, 11) is -4.95. The van der Waals surface area contributed by atoms with Gasteiger partial charge in [-0.1, -0.05) is 12.1 Å². The van der Waals surface area contributed by atoms with Gasteiger partial charge in [-0.3, -0.25) is 20.2 Å². The Bertz CT molecular complexity index is 1180. The molecule has 0 fully saturated rings. The lowest BCUT2D eigenvalue weighted by atomic mass is 10.1. The molecule has 0 amide bonds. The van der Waals surface area contributed by atoms with Gasteiger partial charge in [0.25, 0.3) is 11.4 Å². The van der Waals surface area contributed by atoms with E-state index in [1.54, 1.807) is 17.5 Å². The maximum Gasteiger partial charge on any atom is 0.349 e. The molecule has 12 heteroatoms. The van der Waals surface area contributed by atoms with E-state index in [1.807, 2.05) is 0 Å². The van der Waals surface area contributed by atoms with Crippen LogP contribution in [0.2, 0.25) is 0 Å². The van der Waals surface area contributed by atoms with Crippen molar-refractivity contribution in [3.8, 4) is 16.2 Å². The molecule has 1 aromatic heterocycles. The van der Waals surface area contributed by atoms with Crippen LogP contribution in [0, 0.1) is 26.0 Å². The zero-order valence-corrected chi connectivity index (χ0v) is 15.3. The fraction of sp³-hybridized carbons (Fsp3) is 0. The molecule has 0 aliphatic heterocycles. The van der Waals surface area contributed by atoms with E-state index < -0.39 is 36.4 Å². The molecule has 0 bridgehead atoms. The van der Waals surface area contributed by atoms with E-state index in [1.165, 1.54) is 0 Å². The highest BCUT2D eigenvalue weighted by atomic mass is 32.2. The molecule has 3 rings (SSSR count). The summed E-state index contributed by atoms with van der Waals surface area (Å²) < 4.78 is 44.2. The van der Waals surface area contributed by atoms with Crippen LogP contribution in [0.5, 0.6) is 5.75 Å². The molecule has 0 spiro atoms. The van der Waals surface area contributed by atoms with Crippen LogP contribution >= 0.6 is 11.3 Å². The predicted molar refractivity (Wildman–Crippen MR) is 97.3 cm³/mol. The smallest absolute Gasteiger partial charge is 0.349 e. The molecule has 0 saturated carbocycles. The molecule has 0 N–H and O–H groups in total. The highest BCUT2D eigenvalue weighted by Gasteiger charge is 2.33. The van der Waals surface area contributed by atoms with Gasteiger partial charge in [-0.2, -0.15) is 8.42 Å². The Morgan fingerprint density at radius 3 is 2.36 bits per heavy atom. The second-order valence-electron chi connectivity index (χ2n) is 5.30. The monoisotopic (exact) mass is 424 g/mol. The summed E-state index contributed by atoms with van der Waals surface area (Å²) in [5.41, 5.74) is -1.23. The summed E-state index contributed by atoms with van der Waals surface area (Å²) in [6.07, 6.45) is 0. The second-order valence-corrected chi connectivity index (χ2v) is 7.73. The molecule has 1 heterocycles. The number of benzene rings is 2. The molecule has 0 atom stereocenters. The van der Waals surface area contributed by atoms with Crippen molar-refractivity contribution in [1.29, 1.82) is 0 Å². The summed E-state index contributed by atoms with van der Waals surface area (Å²) >= 11 is 1.16. The number of thiophene rings is 1. The molecule has 9 nitrogen and oxygen atoms in total. The standard InChI is InChI=1S/C16H9FN2O7S2/c17-12-3-1-4-13(19(22)23)16(12)28(24,25)26-14-7-6-10(18(20)21)9-11(14)15-5-2-8-27-15/h1-9H. The first-order chi connectivity index (χ1) is 13.2. The summed E-state index contributed by atoms with van der Waals surface area (Å²) in [6, 6.07) is 8.94. The summed E-state index contributed by atoms with van der Waals surface area (Å²) in [6.45, 7) is 0. The lowest BCUT2D eigenvalue weighted by Gasteiger charge is -2.11. The van der Waals surface area contributed by atoms with Gasteiger partial charge >= 0.3 is 10.1 Å². The minimum atomic E-state index is -4.95. The molecule has 0 saturated heterocycles. The molecule has 0 radical (unpaired) electrons. The van der Waals surface area contributed by atoms with Crippen LogP contribution in [-0.4, -0.2) is 18.3 Å². The molecular formula is C16H9FN2O7S2. The third kappa shape index (κ3) is 3.68. The van der Waals surface area contributed by atoms with E-state index in [-0.39, 0.29) is 17.0 Å². The zero-order chi connectivity index (χ0) is 20.5. The molecule has 144 valence electrons. The highest BCUT2D eigenvalue weighted by Crippen LogP contribution is 2.38. The van der Waals surface area contributed by atoms with Crippen LogP contribution in [0.15, 0.2) is 58.8 Å². The predicted octanol–water partition coefficient (Wildman–Crippen LogP) is 4.14. The normalized spacial score (nSPS) is 11.2. The van der Waals surface area contributed by atoms with Gasteiger partial charge in [0, 0.05) is 28.6 Å². The van der Waals surface area contributed by atoms with Gasteiger partial charge in [0.15, 0.2) is 11.6 Å². The molecule has 28 heavy (non-hydrogen) atoms. The lowest BCUT2D eigenvalue weighted by molar-refractivity contribution is -0.388. The molecule has 0 aliphatic rings. The van der Waals surface area contributed by atoms with Crippen LogP contribution in [0.4, 0.5) is 15.8 Å². The van der Waals surface area contributed by atoms with E-state index in [4.69, 9.17) is 4.18 Å². The van der Waals surface area contributed by atoms with Crippen molar-refractivity contribution in [2.75, 3.05) is 0 Å². The fourth-order valence-corrected chi connectivity index (χ4v) is 4.30. The number of hydrogen-bond donors (Lipinski definition) is 0. The van der Waals surface area contributed by atoms with E-state index in [0.717, 1.165) is 47.7 Å². The maximum absolute atomic E-state index is 14.1. The Morgan fingerprint density at radius 1 is 1.00 bits per heavy atom. The summed E-state index contributed by atoms with van der Waals surface area (Å²) in [4.78, 5) is 19.6. The number of non-ortho nitro benzene ring substituents is 1. The van der Waals surface area contributed by atoms with E-state index in [9.17, 15) is 33.0 Å². The van der Waals surface area contributed by atoms with Crippen LogP contribution in [0.25, 0.3) is 10.4 Å². The Morgan fingerprint density at radius 2 is 1.75 bits per heavy atom. The van der Waals surface area contributed by atoms with E-state index in [0.29, 0.717) is 4.88 Å². The van der Waals surface area contributed by atoms with Crippen LogP contribution in [-0.2, 0) is 10.1 Å². The topological polar surface area (TPSA) is 130 Å². The SMILES string of the molecule is O=[N+]([O-])c1ccc(OS(=O)(=O)c2c(F)cccc2[N+](=O)[O-])c(-c2cccs2)c1. The highest BCUT2D eigenvalue weighted by molar-refractivity contribution is 7.87. The Labute approximate surface area is 161 Å². The third-order valence-electron chi connectivity index (χ3n) is 3.55. The number of nitro groups is 2. The van der Waals surface area contributed by atoms with Gasteiger partial charge < -0.3 is 4.18 Å². The Hall–Kier alpha value is -3.38. The van der Waals surface area contributed by atoms with Crippen molar-refractivity contribution in [3.63, 3.8) is 0 Å². The van der Waals surface area contributed by atoms with Crippen molar-refractivity contribution in [1.82, 2.24) is 0 Å². The average Bonchev–Trinajstić information content (AvgIpc) is 3.15. The Kier molecular flexibility index (Phi) is 5.07. The van der Waals surface area contributed by atoms with Crippen molar-refractivity contribution in [3.05, 3.63) is 80.0 Å². The van der Waals surface area contributed by atoms with E-state index in [2.05, 4.69) is 0 Å². The summed E-state index contributed by atoms with van der Waals surface area (Å²) in [5.74, 6) is -1.68. The number of hydrogen-bond acceptors (Lipinski definition) is 8. The van der Waals surface area contributed by atoms with Gasteiger partial charge in [-0.25, -0.2) is 4.39 Å². The zero-order valence-electron chi connectivity index (χ0n) is 13.6. The number of nitrogens with zero attached hydrogens (tertiary/aromatic N) is 2. The fourth-order valence-electron chi connectivity index (χ4n) is 2.38. The summed E-state index contributed by atoms with van der Waals surface area (Å²) in [5, 5.41) is 23.8. The number of halogens is 1. The van der Waals surface area contributed by atoms with Crippen molar-refractivity contribution in [2.24, 2.45) is 0 Å². The minimum Gasteiger partial charge on any atom is -0.378 e. The average molecular weight is 424 g/mol. The maximum atomic E-state index is 14.1. The first-order valence-corrected chi connectivity index (χ1v) is 9.69. The molecule has 3 aromatic rings. The van der Waals surface area contributed by atoms with Gasteiger partial charge in [0.2, 0.25) is 4.90 Å². The van der Waals surface area contributed by atoms with Crippen LogP contribution < -0.4 is 4.18 Å². The van der Waals surface area contributed by atoms with Crippen molar-refractivity contribution >= 4 is 32.8 Å². The Balaban J connectivity index is 2.14. The van der Waals surface area contributed by atoms with Crippen molar-refractivity contribution in [2.45, 2.75) is 4.90 Å². The first-order valence-electron chi connectivity index (χ1n) is 7.40. The quantitative estimate of drug-likeness (QED) is 0.330. The molecule has 2 aromatic carbocycles. The van der Waals surface area contributed by atoms with Gasteiger partial charge in [-0.05, 0) is 23.6 Å². The largest absolute Gasteiger partial charge is 0.378 e. The first kappa shape index (κ1) is 19.4. The van der Waals surface area contributed by atoms with Crippen molar-refractivity contribution < 1.29 is 26.8 Å². The van der Waals surface area contributed by atoms with Gasteiger partial charge in [-0.15, -0.1) is 11.3 Å². The van der Waals surface area contributed by atoms with E-state index >= 15 is 0 Å². The third-order valence-corrected chi connectivity index (χ3v) is 5.76. The van der Waals surface area contributed by atoms with Gasteiger partial charge in [0.05, 0.1) is 9.85 Å². The second kappa shape index (κ2) is 7.32. The minimum absolute atomic E-state index is 0.0757. The number of rotatable bonds is 6. The van der Waals surface area contributed by atoms with Crippen LogP contribution in [0.1, 0.15) is 0 Å². The van der Waals surface area contributed by atoms with Crippen LogP contribution in [0.3, 0.4) is 0 Å². The lowest BCUT2D eigenvalue weighted by Crippen LogP contribution is -2.14. The number of nitro benzene ring substituents is 2. The van der Waals surface area contributed by atoms with Gasteiger partial charge in [0.1, 0.15) is 0 Å². The molecular weight excluding hydrogens is 415 g/mol. The molecule has 0 unspecified atom stereocenters. The molecule has 0 aliphatic carbocycles.